The number of hydrogen-bond acceptors (Lipinski definition) is 5. The van der Waals surface area contributed by atoms with Crippen molar-refractivity contribution < 1.29 is 13.6 Å². The number of amides is 1. The van der Waals surface area contributed by atoms with E-state index in [9.17, 15) is 13.6 Å². The molecule has 34 heavy (non-hydrogen) atoms. The molecule has 2 aliphatic rings. The topological polar surface area (TPSA) is 72.1 Å². The second-order valence-electron chi connectivity index (χ2n) is 9.41. The number of pyridine rings is 1. The lowest BCUT2D eigenvalue weighted by molar-refractivity contribution is -0.133. The second-order valence-corrected chi connectivity index (χ2v) is 9.41. The van der Waals surface area contributed by atoms with Gasteiger partial charge < -0.3 is 4.90 Å². The molecule has 0 atom stereocenters. The van der Waals surface area contributed by atoms with Crippen LogP contribution in [0.15, 0.2) is 12.3 Å². The summed E-state index contributed by atoms with van der Waals surface area (Å²) in [7, 11) is 0. The minimum atomic E-state index is -2.60. The first-order chi connectivity index (χ1) is 16.3. The lowest BCUT2D eigenvalue weighted by Gasteiger charge is -2.34. The van der Waals surface area contributed by atoms with Crippen molar-refractivity contribution in [1.82, 2.24) is 34.3 Å². The largest absolute Gasteiger partial charge is 0.339 e. The molecule has 0 radical (unpaired) electrons. The smallest absolute Gasteiger partial charge is 0.264 e. The van der Waals surface area contributed by atoms with Crippen molar-refractivity contribution in [3.8, 4) is 0 Å². The van der Waals surface area contributed by atoms with E-state index in [4.69, 9.17) is 0 Å². The summed E-state index contributed by atoms with van der Waals surface area (Å²) < 4.78 is 31.0. The Bertz CT molecular complexity index is 1210. The molecule has 1 saturated carbocycles. The van der Waals surface area contributed by atoms with Gasteiger partial charge in [-0.25, -0.2) is 18.4 Å². The molecule has 0 unspecified atom stereocenters. The number of hydrogen-bond donors (Lipinski definition) is 0. The van der Waals surface area contributed by atoms with E-state index in [1.54, 1.807) is 6.92 Å². The van der Waals surface area contributed by atoms with Gasteiger partial charge in [0, 0.05) is 68.2 Å². The van der Waals surface area contributed by atoms with Gasteiger partial charge in [-0.1, -0.05) is 0 Å². The average molecular weight is 472 g/mol. The van der Waals surface area contributed by atoms with Crippen molar-refractivity contribution in [2.45, 2.75) is 65.6 Å². The van der Waals surface area contributed by atoms with Crippen molar-refractivity contribution >= 4 is 16.9 Å². The Kier molecular flexibility index (Phi) is 6.09. The number of carbonyl (C=O) groups excluding carboxylic acids is 1. The van der Waals surface area contributed by atoms with Crippen molar-refractivity contribution in [1.29, 1.82) is 0 Å². The van der Waals surface area contributed by atoms with Gasteiger partial charge in [-0.15, -0.1) is 0 Å². The molecule has 5 rings (SSSR count). The highest BCUT2D eigenvalue weighted by atomic mass is 19.3. The third kappa shape index (κ3) is 4.43. The van der Waals surface area contributed by atoms with Crippen LogP contribution in [-0.4, -0.2) is 66.4 Å². The molecule has 1 aliphatic carbocycles. The van der Waals surface area contributed by atoms with Crippen LogP contribution in [0.1, 0.15) is 60.3 Å². The predicted molar refractivity (Wildman–Crippen MR) is 124 cm³/mol. The molecule has 1 amide bonds. The molecular formula is C24H31F2N7O. The third-order valence-corrected chi connectivity index (χ3v) is 6.93. The van der Waals surface area contributed by atoms with E-state index in [0.717, 1.165) is 44.7 Å². The van der Waals surface area contributed by atoms with E-state index in [1.165, 1.54) is 16.3 Å². The first kappa shape index (κ1) is 22.9. The molecule has 1 saturated heterocycles. The number of carbonyl (C=O) groups is 1. The normalized spacial score (nSPS) is 17.3. The number of piperazine rings is 1. The fourth-order valence-electron chi connectivity index (χ4n) is 4.78. The summed E-state index contributed by atoms with van der Waals surface area (Å²) >= 11 is 0. The maximum atomic E-state index is 13.8. The van der Waals surface area contributed by atoms with Crippen molar-refractivity contribution in [3.05, 3.63) is 40.5 Å². The summed E-state index contributed by atoms with van der Waals surface area (Å²) in [6.45, 7) is 10.3. The van der Waals surface area contributed by atoms with Crippen LogP contribution in [0.3, 0.4) is 0 Å². The Balaban J connectivity index is 1.27. The molecule has 3 aromatic rings. The Morgan fingerprint density at radius 2 is 1.85 bits per heavy atom. The minimum absolute atomic E-state index is 0.0104. The summed E-state index contributed by atoms with van der Waals surface area (Å²) in [4.78, 5) is 21.9. The van der Waals surface area contributed by atoms with Gasteiger partial charge in [0.05, 0.1) is 16.8 Å². The number of rotatable bonds is 7. The van der Waals surface area contributed by atoms with E-state index < -0.39 is 6.43 Å². The van der Waals surface area contributed by atoms with Crippen LogP contribution in [0, 0.1) is 13.8 Å². The maximum Gasteiger partial charge on any atom is 0.264 e. The summed E-state index contributed by atoms with van der Waals surface area (Å²) in [6.07, 6.45) is 1.43. The van der Waals surface area contributed by atoms with Crippen LogP contribution in [0.25, 0.3) is 11.0 Å². The zero-order valence-corrected chi connectivity index (χ0v) is 20.0. The van der Waals surface area contributed by atoms with Gasteiger partial charge in [-0.3, -0.25) is 14.4 Å². The van der Waals surface area contributed by atoms with Gasteiger partial charge in [0.25, 0.3) is 6.43 Å². The highest BCUT2D eigenvalue weighted by molar-refractivity contribution is 5.85. The van der Waals surface area contributed by atoms with Crippen molar-refractivity contribution in [2.75, 3.05) is 26.2 Å². The summed E-state index contributed by atoms with van der Waals surface area (Å²) in [5, 5.41) is 9.32. The predicted octanol–water partition coefficient (Wildman–Crippen LogP) is 3.42. The summed E-state index contributed by atoms with van der Waals surface area (Å²) in [5.74, 6) is 0.179. The van der Waals surface area contributed by atoms with Gasteiger partial charge in [0.1, 0.15) is 6.54 Å². The number of nitrogens with zero attached hydrogens (tertiary/aromatic N) is 7. The van der Waals surface area contributed by atoms with Gasteiger partial charge in [-0.05, 0) is 39.7 Å². The van der Waals surface area contributed by atoms with E-state index in [1.807, 2.05) is 16.5 Å². The van der Waals surface area contributed by atoms with Gasteiger partial charge in [-0.2, -0.15) is 10.2 Å². The SMILES string of the molecule is CCn1cc(CN2CCN(C(=O)Cn3nc(C)c4c(C(F)F)cc(C5CC5)nc43)CC2)c(C)n1. The van der Waals surface area contributed by atoms with Crippen LogP contribution in [0.5, 0.6) is 0 Å². The standard InChI is InChI=1S/C24H31F2N7O/c1-4-32-13-18(15(2)28-32)12-30-7-9-31(10-8-30)21(34)14-33-24-22(16(3)29-33)19(23(25)26)11-20(27-24)17-5-6-17/h11,13,17,23H,4-10,12,14H2,1-3H3. The summed E-state index contributed by atoms with van der Waals surface area (Å²) in [6, 6.07) is 1.52. The number of halogens is 2. The van der Waals surface area contributed by atoms with Crippen LogP contribution >= 0.6 is 0 Å². The molecule has 0 N–H and O–H groups in total. The van der Waals surface area contributed by atoms with Gasteiger partial charge >= 0.3 is 0 Å². The van der Waals surface area contributed by atoms with E-state index in [0.29, 0.717) is 35.5 Å². The Morgan fingerprint density at radius 3 is 2.47 bits per heavy atom. The number of aryl methyl sites for hydroxylation is 3. The van der Waals surface area contributed by atoms with Crippen LogP contribution < -0.4 is 0 Å². The van der Waals surface area contributed by atoms with E-state index >= 15 is 0 Å². The highest BCUT2D eigenvalue weighted by Crippen LogP contribution is 2.41. The molecule has 0 aromatic carbocycles. The fraction of sp³-hybridized carbons (Fsp3) is 0.583. The summed E-state index contributed by atoms with van der Waals surface area (Å²) in [5.41, 5.74) is 3.80. The van der Waals surface area contributed by atoms with Crippen LogP contribution in [0.4, 0.5) is 8.78 Å². The van der Waals surface area contributed by atoms with Gasteiger partial charge in [0.2, 0.25) is 5.91 Å². The fourth-order valence-corrected chi connectivity index (χ4v) is 4.78. The first-order valence-electron chi connectivity index (χ1n) is 12.0. The second kappa shape index (κ2) is 9.05. The Hall–Kier alpha value is -2.88. The Labute approximate surface area is 197 Å². The van der Waals surface area contributed by atoms with Crippen LogP contribution in [-0.2, 0) is 24.4 Å². The highest BCUT2D eigenvalue weighted by Gasteiger charge is 2.30. The lowest BCUT2D eigenvalue weighted by Crippen LogP contribution is -2.49. The monoisotopic (exact) mass is 471 g/mol. The quantitative estimate of drug-likeness (QED) is 0.528. The molecule has 182 valence electrons. The van der Waals surface area contributed by atoms with Crippen LogP contribution in [0.2, 0.25) is 0 Å². The maximum absolute atomic E-state index is 13.8. The first-order valence-corrected chi connectivity index (χ1v) is 12.0. The molecule has 10 heteroatoms. The molecular weight excluding hydrogens is 440 g/mol. The molecule has 4 heterocycles. The minimum Gasteiger partial charge on any atom is -0.339 e. The molecule has 1 aliphatic heterocycles. The molecule has 0 spiro atoms. The Morgan fingerprint density at radius 1 is 1.12 bits per heavy atom. The zero-order valence-electron chi connectivity index (χ0n) is 20.0. The van der Waals surface area contributed by atoms with E-state index in [-0.39, 0.29) is 23.9 Å². The number of aromatic nitrogens is 5. The molecule has 0 bridgehead atoms. The number of fused-ring (bicyclic) bond motifs is 1. The average Bonchev–Trinajstić information content (AvgIpc) is 3.55. The van der Waals surface area contributed by atoms with Gasteiger partial charge in [0.15, 0.2) is 5.65 Å². The van der Waals surface area contributed by atoms with E-state index in [2.05, 4.69) is 33.2 Å². The lowest BCUT2D eigenvalue weighted by atomic mass is 10.1. The number of alkyl halides is 2. The third-order valence-electron chi connectivity index (χ3n) is 6.93. The zero-order chi connectivity index (χ0) is 24.0. The molecule has 3 aromatic heterocycles. The molecule has 2 fully saturated rings. The van der Waals surface area contributed by atoms with Crippen molar-refractivity contribution in [3.63, 3.8) is 0 Å². The molecule has 8 nitrogen and oxygen atoms in total. The van der Waals surface area contributed by atoms with Crippen molar-refractivity contribution in [2.24, 2.45) is 0 Å².